The summed E-state index contributed by atoms with van der Waals surface area (Å²) >= 11 is 0. The lowest BCUT2D eigenvalue weighted by Crippen LogP contribution is -2.17. The topological polar surface area (TPSA) is 24.5 Å². The molecular formula is C18H24N2O. The molecule has 0 aliphatic rings. The summed E-state index contributed by atoms with van der Waals surface area (Å²) < 4.78 is 5.38. The number of hydrogen-bond donors (Lipinski definition) is 1. The van der Waals surface area contributed by atoms with Gasteiger partial charge in [-0.3, -0.25) is 0 Å². The van der Waals surface area contributed by atoms with E-state index in [0.717, 1.165) is 25.4 Å². The third kappa shape index (κ3) is 4.59. The fraction of sp³-hybridized carbons (Fsp3) is 0.333. The number of ether oxygens (including phenoxy) is 1. The van der Waals surface area contributed by atoms with Crippen LogP contribution in [0.2, 0.25) is 0 Å². The summed E-state index contributed by atoms with van der Waals surface area (Å²) in [5.41, 5.74) is 3.90. The number of nitrogens with one attached hydrogen (secondary N) is 1. The van der Waals surface area contributed by atoms with Crippen molar-refractivity contribution in [2.24, 2.45) is 0 Å². The van der Waals surface area contributed by atoms with Crippen LogP contribution in [0.1, 0.15) is 16.7 Å². The fourth-order valence-corrected chi connectivity index (χ4v) is 2.41. The van der Waals surface area contributed by atoms with Crippen molar-refractivity contribution in [2.75, 3.05) is 21.2 Å². The molecule has 0 aliphatic heterocycles. The van der Waals surface area contributed by atoms with E-state index < -0.39 is 0 Å². The Morgan fingerprint density at radius 2 is 1.43 bits per heavy atom. The summed E-state index contributed by atoms with van der Waals surface area (Å²) in [4.78, 5) is 2.19. The van der Waals surface area contributed by atoms with Gasteiger partial charge >= 0.3 is 0 Å². The molecule has 0 radical (unpaired) electrons. The van der Waals surface area contributed by atoms with Gasteiger partial charge in [0.15, 0.2) is 0 Å². The average molecular weight is 284 g/mol. The number of nitrogens with zero attached hydrogens (tertiary/aromatic N) is 1. The first-order chi connectivity index (χ1) is 10.2. The Morgan fingerprint density at radius 1 is 0.857 bits per heavy atom. The SMILES string of the molecule is COc1ccccc1CNCc1ccccc1CN(C)C. The first-order valence-corrected chi connectivity index (χ1v) is 7.25. The van der Waals surface area contributed by atoms with Crippen LogP contribution in [0.15, 0.2) is 48.5 Å². The van der Waals surface area contributed by atoms with Gasteiger partial charge in [0.25, 0.3) is 0 Å². The zero-order chi connectivity index (χ0) is 15.1. The van der Waals surface area contributed by atoms with Crippen LogP contribution in [-0.4, -0.2) is 26.1 Å². The molecule has 0 unspecified atom stereocenters. The Labute approximate surface area is 127 Å². The van der Waals surface area contributed by atoms with E-state index in [1.807, 2.05) is 18.2 Å². The Balaban J connectivity index is 1.97. The second-order valence-electron chi connectivity index (χ2n) is 5.42. The van der Waals surface area contributed by atoms with Gasteiger partial charge in [0.1, 0.15) is 5.75 Å². The van der Waals surface area contributed by atoms with Gasteiger partial charge in [-0.2, -0.15) is 0 Å². The van der Waals surface area contributed by atoms with Crippen molar-refractivity contribution < 1.29 is 4.74 Å². The van der Waals surface area contributed by atoms with E-state index in [9.17, 15) is 0 Å². The highest BCUT2D eigenvalue weighted by Crippen LogP contribution is 2.17. The van der Waals surface area contributed by atoms with Crippen molar-refractivity contribution >= 4 is 0 Å². The van der Waals surface area contributed by atoms with Gasteiger partial charge in [-0.1, -0.05) is 42.5 Å². The van der Waals surface area contributed by atoms with Crippen LogP contribution in [0.5, 0.6) is 5.75 Å². The standard InChI is InChI=1S/C18H24N2O/c1-20(2)14-17-10-5-4-8-15(17)12-19-13-16-9-6-7-11-18(16)21-3/h4-11,19H,12-14H2,1-3H3. The molecule has 2 aromatic carbocycles. The maximum Gasteiger partial charge on any atom is 0.123 e. The highest BCUT2D eigenvalue weighted by molar-refractivity contribution is 5.33. The van der Waals surface area contributed by atoms with Gasteiger partial charge in [0.05, 0.1) is 7.11 Å². The maximum atomic E-state index is 5.38. The van der Waals surface area contributed by atoms with Gasteiger partial charge in [0, 0.05) is 25.2 Å². The van der Waals surface area contributed by atoms with Crippen LogP contribution in [0.4, 0.5) is 0 Å². The van der Waals surface area contributed by atoms with Crippen LogP contribution in [0.3, 0.4) is 0 Å². The van der Waals surface area contributed by atoms with E-state index in [2.05, 4.69) is 54.6 Å². The Kier molecular flexibility index (Phi) is 5.78. The quantitative estimate of drug-likeness (QED) is 0.846. The van der Waals surface area contributed by atoms with E-state index in [1.165, 1.54) is 16.7 Å². The minimum atomic E-state index is 0.806. The molecule has 0 spiro atoms. The average Bonchev–Trinajstić information content (AvgIpc) is 2.49. The molecule has 0 bridgehead atoms. The molecule has 112 valence electrons. The largest absolute Gasteiger partial charge is 0.496 e. The zero-order valence-corrected chi connectivity index (χ0v) is 13.1. The zero-order valence-electron chi connectivity index (χ0n) is 13.1. The molecule has 2 rings (SSSR count). The number of para-hydroxylation sites is 1. The summed E-state index contributed by atoms with van der Waals surface area (Å²) in [7, 11) is 5.91. The monoisotopic (exact) mass is 284 g/mol. The van der Waals surface area contributed by atoms with E-state index in [4.69, 9.17) is 4.74 Å². The molecule has 0 atom stereocenters. The number of methoxy groups -OCH3 is 1. The molecule has 0 amide bonds. The Morgan fingerprint density at radius 3 is 2.10 bits per heavy atom. The predicted molar refractivity (Wildman–Crippen MR) is 87.4 cm³/mol. The molecule has 2 aromatic rings. The van der Waals surface area contributed by atoms with E-state index >= 15 is 0 Å². The normalized spacial score (nSPS) is 10.9. The first kappa shape index (κ1) is 15.5. The van der Waals surface area contributed by atoms with Crippen LogP contribution < -0.4 is 10.1 Å². The van der Waals surface area contributed by atoms with Crippen molar-refractivity contribution in [3.05, 3.63) is 65.2 Å². The third-order valence-corrected chi connectivity index (χ3v) is 3.43. The van der Waals surface area contributed by atoms with E-state index in [0.29, 0.717) is 0 Å². The highest BCUT2D eigenvalue weighted by atomic mass is 16.5. The number of rotatable bonds is 7. The summed E-state index contributed by atoms with van der Waals surface area (Å²) in [6.07, 6.45) is 0. The highest BCUT2D eigenvalue weighted by Gasteiger charge is 2.04. The van der Waals surface area contributed by atoms with Gasteiger partial charge < -0.3 is 15.0 Å². The Bertz CT molecular complexity index is 567. The van der Waals surface area contributed by atoms with Crippen molar-refractivity contribution in [1.29, 1.82) is 0 Å². The number of benzene rings is 2. The van der Waals surface area contributed by atoms with Crippen LogP contribution in [0, 0.1) is 0 Å². The van der Waals surface area contributed by atoms with E-state index in [1.54, 1.807) is 7.11 Å². The molecule has 3 heteroatoms. The molecule has 0 aromatic heterocycles. The predicted octanol–water partition coefficient (Wildman–Crippen LogP) is 3.05. The lowest BCUT2D eigenvalue weighted by Gasteiger charge is -2.15. The molecular weight excluding hydrogens is 260 g/mol. The van der Waals surface area contributed by atoms with Crippen molar-refractivity contribution in [2.45, 2.75) is 19.6 Å². The summed E-state index contributed by atoms with van der Waals surface area (Å²) in [5, 5.41) is 3.51. The third-order valence-electron chi connectivity index (χ3n) is 3.43. The van der Waals surface area contributed by atoms with Crippen LogP contribution in [0.25, 0.3) is 0 Å². The van der Waals surface area contributed by atoms with Gasteiger partial charge in [-0.05, 0) is 31.3 Å². The summed E-state index contributed by atoms with van der Waals surface area (Å²) in [5.74, 6) is 0.937. The van der Waals surface area contributed by atoms with Gasteiger partial charge in [-0.15, -0.1) is 0 Å². The first-order valence-electron chi connectivity index (χ1n) is 7.25. The Hall–Kier alpha value is -1.84. The molecule has 0 aliphatic carbocycles. The second-order valence-corrected chi connectivity index (χ2v) is 5.42. The lowest BCUT2D eigenvalue weighted by atomic mass is 10.1. The molecule has 0 heterocycles. The molecule has 21 heavy (non-hydrogen) atoms. The van der Waals surface area contributed by atoms with Crippen LogP contribution >= 0.6 is 0 Å². The summed E-state index contributed by atoms with van der Waals surface area (Å²) in [6, 6.07) is 16.7. The van der Waals surface area contributed by atoms with Gasteiger partial charge in [-0.25, -0.2) is 0 Å². The molecule has 0 fully saturated rings. The minimum Gasteiger partial charge on any atom is -0.496 e. The fourth-order valence-electron chi connectivity index (χ4n) is 2.41. The van der Waals surface area contributed by atoms with Crippen molar-refractivity contribution in [1.82, 2.24) is 10.2 Å². The number of hydrogen-bond acceptors (Lipinski definition) is 3. The molecule has 0 saturated carbocycles. The van der Waals surface area contributed by atoms with Crippen molar-refractivity contribution in [3.63, 3.8) is 0 Å². The van der Waals surface area contributed by atoms with Gasteiger partial charge in [0.2, 0.25) is 0 Å². The smallest absolute Gasteiger partial charge is 0.123 e. The lowest BCUT2D eigenvalue weighted by molar-refractivity contribution is 0.399. The maximum absolute atomic E-state index is 5.38. The van der Waals surface area contributed by atoms with Crippen LogP contribution in [-0.2, 0) is 19.6 Å². The van der Waals surface area contributed by atoms with E-state index in [-0.39, 0.29) is 0 Å². The molecule has 1 N–H and O–H groups in total. The molecule has 3 nitrogen and oxygen atoms in total. The second kappa shape index (κ2) is 7.81. The minimum absolute atomic E-state index is 0.806. The molecule has 0 saturated heterocycles. The van der Waals surface area contributed by atoms with Crippen molar-refractivity contribution in [3.8, 4) is 5.75 Å². The summed E-state index contributed by atoms with van der Waals surface area (Å²) in [6.45, 7) is 2.63.